The summed E-state index contributed by atoms with van der Waals surface area (Å²) in [6.45, 7) is 0. The summed E-state index contributed by atoms with van der Waals surface area (Å²) in [5, 5.41) is 19.1. The summed E-state index contributed by atoms with van der Waals surface area (Å²) in [6.07, 6.45) is 1.20. The van der Waals surface area contributed by atoms with Crippen LogP contribution in [0.1, 0.15) is 21.5 Å². The highest BCUT2D eigenvalue weighted by molar-refractivity contribution is 6.30. The van der Waals surface area contributed by atoms with Crippen molar-refractivity contribution >= 4 is 17.4 Å². The van der Waals surface area contributed by atoms with Crippen LogP contribution in [-0.2, 0) is 0 Å². The first kappa shape index (κ1) is 19.1. The van der Waals surface area contributed by atoms with E-state index in [2.05, 4.69) is 0 Å². The number of phenolic OH excluding ortho intramolecular Hbond substituents is 1. The van der Waals surface area contributed by atoms with Gasteiger partial charge in [-0.1, -0.05) is 11.6 Å². The van der Waals surface area contributed by atoms with Gasteiger partial charge in [0.25, 0.3) is 5.56 Å². The van der Waals surface area contributed by atoms with E-state index < -0.39 is 17.2 Å². The number of aromatic nitrogens is 1. The first-order valence-electron chi connectivity index (χ1n) is 7.89. The Bertz CT molecular complexity index is 1200. The number of nitriles is 1. The van der Waals surface area contributed by atoms with Crippen LogP contribution in [0.15, 0.2) is 53.5 Å². The van der Waals surface area contributed by atoms with Gasteiger partial charge in [-0.2, -0.15) is 5.26 Å². The normalized spacial score (nSPS) is 10.4. The largest absolute Gasteiger partial charge is 0.507 e. The summed E-state index contributed by atoms with van der Waals surface area (Å²) in [6, 6.07) is 10.6. The molecule has 6 nitrogen and oxygen atoms in total. The third-order valence-electron chi connectivity index (χ3n) is 4.03. The number of pyridine rings is 1. The van der Waals surface area contributed by atoms with Crippen LogP contribution in [-0.4, -0.2) is 22.6 Å². The first-order valence-corrected chi connectivity index (χ1v) is 8.27. The van der Waals surface area contributed by atoms with Crippen molar-refractivity contribution in [1.29, 1.82) is 5.26 Å². The van der Waals surface area contributed by atoms with Crippen molar-refractivity contribution in [3.8, 4) is 23.3 Å². The number of ketones is 1. The molecule has 0 aliphatic heterocycles. The Labute approximate surface area is 163 Å². The number of carbonyl (C=O) groups is 1. The zero-order valence-corrected chi connectivity index (χ0v) is 15.2. The van der Waals surface area contributed by atoms with E-state index in [1.54, 1.807) is 6.07 Å². The molecule has 0 amide bonds. The molecule has 8 heteroatoms. The van der Waals surface area contributed by atoms with Gasteiger partial charge in [-0.05, 0) is 42.5 Å². The zero-order valence-electron chi connectivity index (χ0n) is 14.4. The highest BCUT2D eigenvalue weighted by atomic mass is 35.5. The average molecular weight is 399 g/mol. The van der Waals surface area contributed by atoms with Crippen LogP contribution in [0.2, 0.25) is 5.02 Å². The van der Waals surface area contributed by atoms with Gasteiger partial charge in [-0.15, -0.1) is 0 Å². The maximum Gasteiger partial charge on any atom is 0.273 e. The molecule has 3 aromatic rings. The van der Waals surface area contributed by atoms with E-state index in [9.17, 15) is 24.3 Å². The molecule has 3 rings (SSSR count). The Hall–Kier alpha value is -3.63. The molecule has 0 radical (unpaired) electrons. The average Bonchev–Trinajstić information content (AvgIpc) is 2.70. The number of aromatic hydroxyl groups is 1. The molecule has 0 spiro atoms. The van der Waals surface area contributed by atoms with Crippen molar-refractivity contribution in [1.82, 2.24) is 4.57 Å². The number of benzene rings is 2. The Kier molecular flexibility index (Phi) is 5.16. The number of methoxy groups -OCH3 is 1. The number of hydrogen-bond donors (Lipinski definition) is 1. The number of ether oxygens (including phenoxy) is 1. The van der Waals surface area contributed by atoms with E-state index in [-0.39, 0.29) is 33.1 Å². The second-order valence-electron chi connectivity index (χ2n) is 5.74. The minimum atomic E-state index is -0.698. The molecule has 2 aromatic carbocycles. The summed E-state index contributed by atoms with van der Waals surface area (Å²) in [7, 11) is 1.41. The molecule has 0 fully saturated rings. The van der Waals surface area contributed by atoms with Gasteiger partial charge in [0, 0.05) is 11.8 Å². The number of hydrogen-bond acceptors (Lipinski definition) is 5. The van der Waals surface area contributed by atoms with Crippen LogP contribution < -0.4 is 10.3 Å². The molecule has 0 bridgehead atoms. The number of phenols is 1. The fourth-order valence-electron chi connectivity index (χ4n) is 2.59. The van der Waals surface area contributed by atoms with Gasteiger partial charge < -0.3 is 9.84 Å². The molecule has 1 N–H and O–H groups in total. The minimum absolute atomic E-state index is 0.0276. The third kappa shape index (κ3) is 3.46. The molecule has 1 aromatic heterocycles. The monoisotopic (exact) mass is 398 g/mol. The molecule has 0 unspecified atom stereocenters. The molecule has 1 heterocycles. The molecule has 0 atom stereocenters. The predicted molar refractivity (Wildman–Crippen MR) is 99.8 cm³/mol. The molecule has 0 aliphatic rings. The van der Waals surface area contributed by atoms with Gasteiger partial charge in [0.1, 0.15) is 28.9 Å². The van der Waals surface area contributed by atoms with E-state index in [0.717, 1.165) is 16.7 Å². The van der Waals surface area contributed by atoms with Crippen molar-refractivity contribution in [2.45, 2.75) is 0 Å². The van der Waals surface area contributed by atoms with E-state index >= 15 is 0 Å². The Morgan fingerprint density at radius 1 is 1.25 bits per heavy atom. The summed E-state index contributed by atoms with van der Waals surface area (Å²) < 4.78 is 19.5. The predicted octanol–water partition coefficient (Wildman–Crippen LogP) is 3.45. The van der Waals surface area contributed by atoms with E-state index in [1.807, 2.05) is 0 Å². The molecular weight excluding hydrogens is 387 g/mol. The lowest BCUT2D eigenvalue weighted by molar-refractivity contribution is 0.103. The van der Waals surface area contributed by atoms with Crippen LogP contribution in [0.3, 0.4) is 0 Å². The molecule has 0 aliphatic carbocycles. The van der Waals surface area contributed by atoms with Crippen LogP contribution in [0.5, 0.6) is 11.5 Å². The molecular formula is C20H12ClFN2O4. The second kappa shape index (κ2) is 7.55. The standard InChI is InChI=1S/C20H12ClFN2O4/c1-28-14-3-5-18(25)15(8-14)19(26)12-6-11(9-23)20(27)24(10-12)13-2-4-17(22)16(21)7-13/h2-8,10,25H,1H3. The summed E-state index contributed by atoms with van der Waals surface area (Å²) in [5.74, 6) is -1.24. The van der Waals surface area contributed by atoms with Gasteiger partial charge in [-0.3, -0.25) is 14.2 Å². The van der Waals surface area contributed by atoms with Crippen LogP contribution in [0.25, 0.3) is 5.69 Å². The first-order chi connectivity index (χ1) is 13.3. The van der Waals surface area contributed by atoms with Crippen molar-refractivity contribution in [3.05, 3.63) is 86.5 Å². The van der Waals surface area contributed by atoms with Gasteiger partial charge in [0.15, 0.2) is 5.78 Å². The van der Waals surface area contributed by atoms with Crippen molar-refractivity contribution < 1.29 is 19.0 Å². The topological polar surface area (TPSA) is 92.3 Å². The van der Waals surface area contributed by atoms with Gasteiger partial charge >= 0.3 is 0 Å². The van der Waals surface area contributed by atoms with E-state index in [4.69, 9.17) is 16.3 Å². The van der Waals surface area contributed by atoms with Gasteiger partial charge in [0.05, 0.1) is 23.4 Å². The van der Waals surface area contributed by atoms with E-state index in [0.29, 0.717) is 5.75 Å². The van der Waals surface area contributed by atoms with Crippen molar-refractivity contribution in [2.75, 3.05) is 7.11 Å². The van der Waals surface area contributed by atoms with Crippen LogP contribution in [0.4, 0.5) is 4.39 Å². The van der Waals surface area contributed by atoms with E-state index in [1.165, 1.54) is 43.6 Å². The SMILES string of the molecule is COc1ccc(O)c(C(=O)c2cc(C#N)c(=O)n(-c3ccc(F)c(Cl)c3)c2)c1. The summed E-state index contributed by atoms with van der Waals surface area (Å²) >= 11 is 5.77. The van der Waals surface area contributed by atoms with Crippen molar-refractivity contribution in [3.63, 3.8) is 0 Å². The van der Waals surface area contributed by atoms with Crippen LogP contribution in [0, 0.1) is 17.1 Å². The number of rotatable bonds is 4. The van der Waals surface area contributed by atoms with Crippen molar-refractivity contribution in [2.24, 2.45) is 0 Å². The zero-order chi connectivity index (χ0) is 20.4. The fourth-order valence-corrected chi connectivity index (χ4v) is 2.77. The lowest BCUT2D eigenvalue weighted by Gasteiger charge is -2.11. The lowest BCUT2D eigenvalue weighted by atomic mass is 10.0. The smallest absolute Gasteiger partial charge is 0.273 e. The quantitative estimate of drug-likeness (QED) is 0.679. The van der Waals surface area contributed by atoms with Crippen LogP contribution >= 0.6 is 11.6 Å². The number of nitrogens with zero attached hydrogens (tertiary/aromatic N) is 2. The van der Waals surface area contributed by atoms with Gasteiger partial charge in [0.2, 0.25) is 0 Å². The molecule has 140 valence electrons. The molecule has 28 heavy (non-hydrogen) atoms. The summed E-state index contributed by atoms with van der Waals surface area (Å²) in [4.78, 5) is 25.4. The second-order valence-corrected chi connectivity index (χ2v) is 6.15. The fraction of sp³-hybridized carbons (Fsp3) is 0.0500. The molecule has 0 saturated carbocycles. The lowest BCUT2D eigenvalue weighted by Crippen LogP contribution is -2.22. The summed E-state index contributed by atoms with van der Waals surface area (Å²) in [5.41, 5.74) is -0.909. The minimum Gasteiger partial charge on any atom is -0.507 e. The Morgan fingerprint density at radius 2 is 2.00 bits per heavy atom. The Balaban J connectivity index is 2.20. The maximum atomic E-state index is 13.4. The molecule has 0 saturated heterocycles. The number of carbonyl (C=O) groups excluding carboxylic acids is 1. The number of halogens is 2. The van der Waals surface area contributed by atoms with Gasteiger partial charge in [-0.25, -0.2) is 4.39 Å². The third-order valence-corrected chi connectivity index (χ3v) is 4.32. The highest BCUT2D eigenvalue weighted by Gasteiger charge is 2.19. The Morgan fingerprint density at radius 3 is 2.64 bits per heavy atom. The maximum absolute atomic E-state index is 13.4. The highest BCUT2D eigenvalue weighted by Crippen LogP contribution is 2.26.